The quantitative estimate of drug-likeness (QED) is 0.245. The zero-order chi connectivity index (χ0) is 26.4. The van der Waals surface area contributed by atoms with Gasteiger partial charge in [0.15, 0.2) is 5.82 Å². The van der Waals surface area contributed by atoms with Crippen molar-refractivity contribution in [3.8, 4) is 0 Å². The number of aromatic amines is 1. The minimum Gasteiger partial charge on any atom is -0.457 e. The van der Waals surface area contributed by atoms with E-state index < -0.39 is 5.82 Å². The van der Waals surface area contributed by atoms with E-state index in [1.165, 1.54) is 12.1 Å². The Balaban J connectivity index is 0.000000351. The van der Waals surface area contributed by atoms with E-state index in [0.717, 1.165) is 24.8 Å². The molecule has 0 bridgehead atoms. The molecule has 0 aliphatic rings. The molecule has 0 spiro atoms. The number of rotatable bonds is 11. The van der Waals surface area contributed by atoms with Crippen molar-refractivity contribution in [2.75, 3.05) is 0 Å². The van der Waals surface area contributed by atoms with E-state index in [9.17, 15) is 13.6 Å². The standard InChI is InChI=1S/C14H18ClFO2.C14H19FN2/c1-3-5-13(18-14(17)6-4-2)10-7-8-11(15)12(16)9-10;1-5-7-12(9-8-10(3)6-2)14-13(15)11(4)16-17-14/h7-9,13H,3-6H2,1-2H3;5,7-10H,1,6H2,2-4H3,(H,16,17)/b;9-8-,12-7+. The van der Waals surface area contributed by atoms with Crippen LogP contribution in [-0.4, -0.2) is 16.2 Å². The third-order valence-corrected chi connectivity index (χ3v) is 5.59. The number of hydrogen-bond donors (Lipinski definition) is 1. The van der Waals surface area contributed by atoms with Crippen molar-refractivity contribution in [3.05, 3.63) is 82.7 Å². The van der Waals surface area contributed by atoms with Gasteiger partial charge < -0.3 is 4.74 Å². The van der Waals surface area contributed by atoms with Crippen molar-refractivity contribution in [1.29, 1.82) is 0 Å². The summed E-state index contributed by atoms with van der Waals surface area (Å²) < 4.78 is 32.5. The van der Waals surface area contributed by atoms with Gasteiger partial charge in [-0.2, -0.15) is 5.10 Å². The molecule has 0 radical (unpaired) electrons. The van der Waals surface area contributed by atoms with Gasteiger partial charge in [0.2, 0.25) is 0 Å². The van der Waals surface area contributed by atoms with Crippen molar-refractivity contribution >= 4 is 23.1 Å². The fourth-order valence-electron chi connectivity index (χ4n) is 3.04. The lowest BCUT2D eigenvalue weighted by Crippen LogP contribution is -2.11. The molecule has 0 aliphatic heterocycles. The number of carbonyl (C=O) groups is 1. The average Bonchev–Trinajstić information content (AvgIpc) is 3.16. The lowest BCUT2D eigenvalue weighted by atomic mass is 10.0. The molecule has 2 rings (SSSR count). The Labute approximate surface area is 213 Å². The molecule has 1 N–H and O–H groups in total. The van der Waals surface area contributed by atoms with E-state index in [0.29, 0.717) is 35.7 Å². The minimum absolute atomic E-state index is 0.0777. The maximum atomic E-state index is 13.7. The van der Waals surface area contributed by atoms with E-state index in [2.05, 4.69) is 36.7 Å². The predicted molar refractivity (Wildman–Crippen MR) is 140 cm³/mol. The Morgan fingerprint density at radius 1 is 1.26 bits per heavy atom. The Hall–Kier alpha value is -2.73. The number of hydrogen-bond acceptors (Lipinski definition) is 3. The first kappa shape index (κ1) is 30.3. The van der Waals surface area contributed by atoms with Crippen LogP contribution in [-0.2, 0) is 9.53 Å². The fraction of sp³-hybridized carbons (Fsp3) is 0.429. The van der Waals surface area contributed by atoms with Gasteiger partial charge in [-0.1, -0.05) is 89.1 Å². The Morgan fingerprint density at radius 3 is 2.49 bits per heavy atom. The lowest BCUT2D eigenvalue weighted by molar-refractivity contribution is -0.149. The van der Waals surface area contributed by atoms with Gasteiger partial charge in [0.1, 0.15) is 17.6 Å². The van der Waals surface area contributed by atoms with Crippen LogP contribution >= 0.6 is 11.6 Å². The molecule has 7 heteroatoms. The normalized spacial score (nSPS) is 13.2. The van der Waals surface area contributed by atoms with E-state index in [4.69, 9.17) is 16.3 Å². The average molecular weight is 507 g/mol. The van der Waals surface area contributed by atoms with Gasteiger partial charge in [-0.25, -0.2) is 8.78 Å². The number of ether oxygens (including phenoxy) is 1. The molecule has 4 nitrogen and oxygen atoms in total. The van der Waals surface area contributed by atoms with E-state index in [1.54, 1.807) is 25.1 Å². The summed E-state index contributed by atoms with van der Waals surface area (Å²) in [6.45, 7) is 13.4. The first-order valence-corrected chi connectivity index (χ1v) is 12.4. The summed E-state index contributed by atoms with van der Waals surface area (Å²) in [5, 5.41) is 6.69. The number of carbonyl (C=O) groups excluding carboxylic acids is 1. The molecule has 0 amide bonds. The number of nitrogens with one attached hydrogen (secondary N) is 1. The molecule has 0 fully saturated rings. The van der Waals surface area contributed by atoms with E-state index >= 15 is 0 Å². The van der Waals surface area contributed by atoms with Gasteiger partial charge in [0, 0.05) is 12.0 Å². The second-order valence-electron chi connectivity index (χ2n) is 8.30. The highest BCUT2D eigenvalue weighted by Gasteiger charge is 2.17. The van der Waals surface area contributed by atoms with Crippen LogP contribution in [0.4, 0.5) is 8.78 Å². The number of aromatic nitrogens is 2. The fourth-order valence-corrected chi connectivity index (χ4v) is 3.16. The molecule has 0 aliphatic carbocycles. The van der Waals surface area contributed by atoms with Gasteiger partial charge in [-0.15, -0.1) is 0 Å². The Kier molecular flexibility index (Phi) is 13.9. The summed E-state index contributed by atoms with van der Waals surface area (Å²) in [6.07, 6.45) is 10.7. The van der Waals surface area contributed by atoms with Crippen LogP contribution < -0.4 is 0 Å². The number of halogens is 3. The van der Waals surface area contributed by atoms with Gasteiger partial charge in [0.05, 0.1) is 10.7 Å². The molecule has 1 aromatic heterocycles. The monoisotopic (exact) mass is 506 g/mol. The zero-order valence-electron chi connectivity index (χ0n) is 21.3. The first-order valence-electron chi connectivity index (χ1n) is 12.0. The lowest BCUT2D eigenvalue weighted by Gasteiger charge is -2.18. The highest BCUT2D eigenvalue weighted by molar-refractivity contribution is 6.30. The number of benzene rings is 1. The SMILES string of the molecule is C=C/C=C(\C=C/C(C)CC)c1n[nH]c(C)c1F.CCCC(=O)OC(CCC)c1ccc(Cl)c(F)c1. The number of aryl methyl sites for hydroxylation is 1. The first-order chi connectivity index (χ1) is 16.7. The van der Waals surface area contributed by atoms with Crippen LogP contribution in [0, 0.1) is 24.5 Å². The third kappa shape index (κ3) is 10.2. The molecule has 2 unspecified atom stereocenters. The summed E-state index contributed by atoms with van der Waals surface area (Å²) >= 11 is 5.64. The summed E-state index contributed by atoms with van der Waals surface area (Å²) in [5.74, 6) is -0.564. The summed E-state index contributed by atoms with van der Waals surface area (Å²) in [4.78, 5) is 11.5. The summed E-state index contributed by atoms with van der Waals surface area (Å²) in [5.41, 5.74) is 2.19. The number of esters is 1. The van der Waals surface area contributed by atoms with Gasteiger partial charge in [0.25, 0.3) is 0 Å². The van der Waals surface area contributed by atoms with Crippen LogP contribution in [0.3, 0.4) is 0 Å². The molecular formula is C28H37ClF2N2O2. The van der Waals surface area contributed by atoms with Crippen LogP contribution in [0.2, 0.25) is 5.02 Å². The van der Waals surface area contributed by atoms with E-state index in [-0.39, 0.29) is 22.9 Å². The molecule has 192 valence electrons. The summed E-state index contributed by atoms with van der Waals surface area (Å²) in [6, 6.07) is 4.52. The molecule has 1 heterocycles. The molecule has 0 saturated heterocycles. The van der Waals surface area contributed by atoms with Crippen molar-refractivity contribution in [1.82, 2.24) is 10.2 Å². The summed E-state index contributed by atoms with van der Waals surface area (Å²) in [7, 11) is 0. The minimum atomic E-state index is -0.484. The molecule has 0 saturated carbocycles. The second-order valence-corrected chi connectivity index (χ2v) is 8.71. The van der Waals surface area contributed by atoms with E-state index in [1.807, 2.05) is 19.9 Å². The van der Waals surface area contributed by atoms with Crippen LogP contribution in [0.5, 0.6) is 0 Å². The maximum Gasteiger partial charge on any atom is 0.306 e. The molecular weight excluding hydrogens is 470 g/mol. The van der Waals surface area contributed by atoms with Crippen molar-refractivity contribution in [2.24, 2.45) is 5.92 Å². The Morgan fingerprint density at radius 2 is 1.97 bits per heavy atom. The van der Waals surface area contributed by atoms with Crippen molar-refractivity contribution < 1.29 is 18.3 Å². The predicted octanol–water partition coefficient (Wildman–Crippen LogP) is 8.69. The smallest absolute Gasteiger partial charge is 0.306 e. The zero-order valence-corrected chi connectivity index (χ0v) is 22.1. The molecule has 2 atom stereocenters. The van der Waals surface area contributed by atoms with Gasteiger partial charge in [-0.3, -0.25) is 9.89 Å². The highest BCUT2D eigenvalue weighted by Crippen LogP contribution is 2.27. The van der Waals surface area contributed by atoms with Crippen LogP contribution in [0.1, 0.15) is 82.9 Å². The van der Waals surface area contributed by atoms with Crippen molar-refractivity contribution in [3.63, 3.8) is 0 Å². The van der Waals surface area contributed by atoms with Gasteiger partial charge in [-0.05, 0) is 43.4 Å². The second kappa shape index (κ2) is 16.0. The number of H-pyrrole nitrogens is 1. The highest BCUT2D eigenvalue weighted by atomic mass is 35.5. The van der Waals surface area contributed by atoms with Crippen LogP contribution in [0.15, 0.2) is 49.1 Å². The molecule has 1 aromatic carbocycles. The van der Waals surface area contributed by atoms with Gasteiger partial charge >= 0.3 is 5.97 Å². The van der Waals surface area contributed by atoms with Crippen molar-refractivity contribution in [2.45, 2.75) is 72.8 Å². The third-order valence-electron chi connectivity index (χ3n) is 5.29. The molecule has 2 aromatic rings. The topological polar surface area (TPSA) is 55.0 Å². The largest absolute Gasteiger partial charge is 0.457 e. The maximum absolute atomic E-state index is 13.7. The number of nitrogens with zero attached hydrogens (tertiary/aromatic N) is 1. The van der Waals surface area contributed by atoms with Crippen LogP contribution in [0.25, 0.3) is 5.57 Å². The molecule has 35 heavy (non-hydrogen) atoms. The Bertz CT molecular complexity index is 1010. The number of allylic oxidation sites excluding steroid dienone is 5.